The Bertz CT molecular complexity index is 1460. The van der Waals surface area contributed by atoms with Gasteiger partial charge in [0.2, 0.25) is 5.43 Å². The van der Waals surface area contributed by atoms with E-state index in [0.29, 0.717) is 12.0 Å². The van der Waals surface area contributed by atoms with Gasteiger partial charge < -0.3 is 20.2 Å². The number of thioether (sulfide) groups is 1. The first-order chi connectivity index (χ1) is 16.8. The number of nitrogens with zero attached hydrogens (tertiary/aromatic N) is 2. The molecule has 0 saturated carbocycles. The van der Waals surface area contributed by atoms with Crippen molar-refractivity contribution in [2.45, 2.75) is 36.3 Å². The Morgan fingerprint density at radius 1 is 1.17 bits per heavy atom. The van der Waals surface area contributed by atoms with Crippen LogP contribution in [0, 0.1) is 11.6 Å². The fourth-order valence-corrected chi connectivity index (χ4v) is 6.08. The zero-order valence-electron chi connectivity index (χ0n) is 18.7. The number of hydrogen-bond donors (Lipinski definition) is 2. The lowest BCUT2D eigenvalue weighted by Gasteiger charge is -2.44. The highest BCUT2D eigenvalue weighted by molar-refractivity contribution is 7.98. The summed E-state index contributed by atoms with van der Waals surface area (Å²) in [6, 6.07) is 9.86. The molecule has 4 heterocycles. The number of amides is 1. The second-order valence-corrected chi connectivity index (χ2v) is 9.94. The van der Waals surface area contributed by atoms with Crippen molar-refractivity contribution in [3.05, 3.63) is 80.6 Å². The molecule has 0 unspecified atom stereocenters. The molecule has 2 N–H and O–H groups in total. The summed E-state index contributed by atoms with van der Waals surface area (Å²) in [5.74, 6) is -2.98. The highest BCUT2D eigenvalue weighted by Crippen LogP contribution is 2.40. The molecule has 180 valence electrons. The molecule has 1 aromatic heterocycles. The monoisotopic (exact) mass is 497 g/mol. The van der Waals surface area contributed by atoms with Crippen LogP contribution >= 0.6 is 11.8 Å². The molecule has 1 fully saturated rings. The number of hydrogen-bond acceptors (Lipinski definition) is 6. The van der Waals surface area contributed by atoms with Crippen LogP contribution in [0.4, 0.5) is 8.78 Å². The van der Waals surface area contributed by atoms with Gasteiger partial charge in [0.05, 0.1) is 18.4 Å². The molecule has 0 aliphatic carbocycles. The van der Waals surface area contributed by atoms with Crippen molar-refractivity contribution < 1.29 is 23.4 Å². The summed E-state index contributed by atoms with van der Waals surface area (Å²) in [5.41, 5.74) is 4.29. The number of pyridine rings is 1. The highest BCUT2D eigenvalue weighted by Gasteiger charge is 2.40. The molecule has 0 bridgehead atoms. The molecule has 10 heteroatoms. The number of ether oxygens (including phenoxy) is 1. The quantitative estimate of drug-likeness (QED) is 0.536. The van der Waals surface area contributed by atoms with E-state index in [4.69, 9.17) is 4.74 Å². The number of rotatable bonds is 1. The molecule has 2 atom stereocenters. The van der Waals surface area contributed by atoms with E-state index < -0.39 is 34.9 Å². The van der Waals surface area contributed by atoms with Gasteiger partial charge in [-0.3, -0.25) is 9.59 Å². The topological polar surface area (TPSA) is 83.8 Å². The van der Waals surface area contributed by atoms with Gasteiger partial charge >= 0.3 is 0 Å². The SMILES string of the molecule is C[C@H]1CN2C(=O)c3c(O)c(=O)cc(-c4cc(F)c(F)c5c4Cc4ccccc4SC5)n3N[C@@H]2CO1. The van der Waals surface area contributed by atoms with Gasteiger partial charge in [-0.2, -0.15) is 0 Å². The predicted molar refractivity (Wildman–Crippen MR) is 126 cm³/mol. The van der Waals surface area contributed by atoms with E-state index in [1.54, 1.807) is 0 Å². The van der Waals surface area contributed by atoms with Crippen LogP contribution in [0.3, 0.4) is 0 Å². The Balaban J connectivity index is 1.59. The van der Waals surface area contributed by atoms with Crippen LogP contribution in [-0.2, 0) is 16.9 Å². The minimum Gasteiger partial charge on any atom is -0.502 e. The van der Waals surface area contributed by atoms with Crippen LogP contribution < -0.4 is 10.9 Å². The molecular weight excluding hydrogens is 476 g/mol. The van der Waals surface area contributed by atoms with Crippen molar-refractivity contribution in [1.29, 1.82) is 0 Å². The molecule has 7 nitrogen and oxygen atoms in total. The summed E-state index contributed by atoms with van der Waals surface area (Å²) in [4.78, 5) is 28.6. The first kappa shape index (κ1) is 22.1. The van der Waals surface area contributed by atoms with Gasteiger partial charge in [-0.15, -0.1) is 11.8 Å². The van der Waals surface area contributed by atoms with Crippen molar-refractivity contribution in [1.82, 2.24) is 9.58 Å². The Morgan fingerprint density at radius 3 is 2.80 bits per heavy atom. The lowest BCUT2D eigenvalue weighted by molar-refractivity contribution is -0.0434. The number of carbonyl (C=O) groups is 1. The summed E-state index contributed by atoms with van der Waals surface area (Å²) in [6.45, 7) is 2.30. The molecule has 3 aliphatic rings. The van der Waals surface area contributed by atoms with Crippen LogP contribution in [0.1, 0.15) is 34.1 Å². The number of carbonyl (C=O) groups excluding carboxylic acids is 1. The number of aromatic nitrogens is 1. The average Bonchev–Trinajstić information content (AvgIpc) is 3.04. The van der Waals surface area contributed by atoms with Gasteiger partial charge in [0.25, 0.3) is 5.91 Å². The largest absolute Gasteiger partial charge is 0.502 e. The second-order valence-electron chi connectivity index (χ2n) is 8.92. The van der Waals surface area contributed by atoms with Crippen LogP contribution in [0.25, 0.3) is 11.3 Å². The average molecular weight is 498 g/mol. The number of fused-ring (bicyclic) bond motifs is 4. The van der Waals surface area contributed by atoms with Crippen LogP contribution in [-0.4, -0.2) is 46.0 Å². The van der Waals surface area contributed by atoms with Crippen molar-refractivity contribution in [3.63, 3.8) is 0 Å². The first-order valence-corrected chi connectivity index (χ1v) is 12.2. The molecule has 0 radical (unpaired) electrons. The van der Waals surface area contributed by atoms with Crippen molar-refractivity contribution in [3.8, 4) is 17.0 Å². The normalized spacial score (nSPS) is 20.8. The van der Waals surface area contributed by atoms with Gasteiger partial charge in [-0.05, 0) is 36.6 Å². The van der Waals surface area contributed by atoms with Gasteiger partial charge in [0.1, 0.15) is 6.17 Å². The number of aromatic hydroxyl groups is 1. The fourth-order valence-electron chi connectivity index (χ4n) is 4.98. The van der Waals surface area contributed by atoms with Crippen LogP contribution in [0.15, 0.2) is 46.1 Å². The number of benzene rings is 2. The van der Waals surface area contributed by atoms with Gasteiger partial charge in [0, 0.05) is 34.4 Å². The summed E-state index contributed by atoms with van der Waals surface area (Å²) in [5, 5.41) is 10.6. The van der Waals surface area contributed by atoms with E-state index in [9.17, 15) is 23.5 Å². The third-order valence-corrected chi connectivity index (χ3v) is 7.87. The molecule has 35 heavy (non-hydrogen) atoms. The smallest absolute Gasteiger partial charge is 0.278 e. The lowest BCUT2D eigenvalue weighted by Crippen LogP contribution is -2.61. The van der Waals surface area contributed by atoms with Crippen molar-refractivity contribution >= 4 is 17.7 Å². The fraction of sp³-hybridized carbons (Fsp3) is 0.280. The van der Waals surface area contributed by atoms with Gasteiger partial charge in [-0.1, -0.05) is 18.2 Å². The summed E-state index contributed by atoms with van der Waals surface area (Å²) in [7, 11) is 0. The molecule has 3 aliphatic heterocycles. The molecule has 0 spiro atoms. The van der Waals surface area contributed by atoms with E-state index in [1.807, 2.05) is 31.2 Å². The first-order valence-electron chi connectivity index (χ1n) is 11.2. The van der Waals surface area contributed by atoms with Crippen LogP contribution in [0.5, 0.6) is 5.75 Å². The number of halogens is 2. The maximum atomic E-state index is 15.0. The Hall–Kier alpha value is -3.37. The molecule has 2 aromatic carbocycles. The zero-order valence-corrected chi connectivity index (χ0v) is 19.5. The van der Waals surface area contributed by atoms with Crippen LogP contribution in [0.2, 0.25) is 0 Å². The highest BCUT2D eigenvalue weighted by atomic mass is 32.2. The van der Waals surface area contributed by atoms with Gasteiger partial charge in [0.15, 0.2) is 23.1 Å². The summed E-state index contributed by atoms with van der Waals surface area (Å²) < 4.78 is 36.9. The van der Waals surface area contributed by atoms with Gasteiger partial charge in [-0.25, -0.2) is 13.5 Å². The van der Waals surface area contributed by atoms with E-state index in [1.165, 1.54) is 21.3 Å². The Morgan fingerprint density at radius 2 is 1.97 bits per heavy atom. The van der Waals surface area contributed by atoms with E-state index >= 15 is 0 Å². The predicted octanol–water partition coefficient (Wildman–Crippen LogP) is 3.44. The summed E-state index contributed by atoms with van der Waals surface area (Å²) >= 11 is 1.42. The molecule has 1 saturated heterocycles. The maximum Gasteiger partial charge on any atom is 0.278 e. The van der Waals surface area contributed by atoms with Crippen molar-refractivity contribution in [2.24, 2.45) is 0 Å². The van der Waals surface area contributed by atoms with E-state index in [2.05, 4.69) is 5.43 Å². The summed E-state index contributed by atoms with van der Waals surface area (Å²) in [6.07, 6.45) is -0.438. The van der Waals surface area contributed by atoms with E-state index in [-0.39, 0.29) is 47.5 Å². The third-order valence-electron chi connectivity index (χ3n) is 6.72. The molecule has 1 amide bonds. The molecule has 6 rings (SSSR count). The maximum absolute atomic E-state index is 15.0. The minimum atomic E-state index is -1.04. The number of nitrogens with one attached hydrogen (secondary N) is 1. The number of morpholine rings is 1. The Labute approximate surface area is 203 Å². The third kappa shape index (κ3) is 3.42. The molecule has 3 aromatic rings. The standard InChI is InChI=1S/C25H21F2N3O4S/c1-12-9-29-21(10-34-12)28-30-18(8-19(31)24(32)23(30)25(29)33)15-7-17(26)22(27)16-11-35-20-5-3-2-4-13(20)6-14(15)16/h2-5,7-8,12,21,28,32H,6,9-11H2,1H3/t12-,21-/m0/s1. The minimum absolute atomic E-state index is 0.175. The lowest BCUT2D eigenvalue weighted by atomic mass is 9.92. The zero-order chi connectivity index (χ0) is 24.4. The van der Waals surface area contributed by atoms with E-state index in [0.717, 1.165) is 22.6 Å². The second kappa shape index (κ2) is 8.10. The van der Waals surface area contributed by atoms with Crippen molar-refractivity contribution in [2.75, 3.05) is 18.6 Å². The molecular formula is C25H21F2N3O4S. The Kier molecular flexibility index (Phi) is 5.12.